The SMILES string of the molecule is NCc1[c]ccc(-c2ccnc(Cl)c2)c1. The minimum Gasteiger partial charge on any atom is -0.326 e. The molecule has 0 aliphatic rings. The van der Waals surface area contributed by atoms with Crippen LogP contribution in [0.15, 0.2) is 36.5 Å². The van der Waals surface area contributed by atoms with Crippen LogP contribution in [0.25, 0.3) is 11.1 Å². The van der Waals surface area contributed by atoms with Gasteiger partial charge in [-0.3, -0.25) is 0 Å². The lowest BCUT2D eigenvalue weighted by atomic mass is 10.0. The van der Waals surface area contributed by atoms with Crippen molar-refractivity contribution in [3.63, 3.8) is 0 Å². The molecule has 75 valence electrons. The Kier molecular flexibility index (Phi) is 2.99. The standard InChI is InChI=1S/C12H10ClN2/c13-12-7-11(4-5-15-12)10-3-1-2-9(6-10)8-14/h1,3-7H,8,14H2. The molecule has 1 radical (unpaired) electrons. The van der Waals surface area contributed by atoms with Crippen LogP contribution in [-0.2, 0) is 6.54 Å². The fourth-order valence-electron chi connectivity index (χ4n) is 1.40. The predicted molar refractivity (Wildman–Crippen MR) is 61.4 cm³/mol. The van der Waals surface area contributed by atoms with E-state index in [1.54, 1.807) is 6.20 Å². The van der Waals surface area contributed by atoms with Crippen LogP contribution in [0.1, 0.15) is 5.56 Å². The molecular weight excluding hydrogens is 208 g/mol. The Morgan fingerprint density at radius 1 is 1.27 bits per heavy atom. The third kappa shape index (κ3) is 2.35. The molecule has 0 spiro atoms. The molecule has 0 unspecified atom stereocenters. The monoisotopic (exact) mass is 217 g/mol. The molecule has 1 aromatic carbocycles. The second-order valence-electron chi connectivity index (χ2n) is 3.17. The van der Waals surface area contributed by atoms with E-state index in [4.69, 9.17) is 17.3 Å². The summed E-state index contributed by atoms with van der Waals surface area (Å²) in [7, 11) is 0. The van der Waals surface area contributed by atoms with Gasteiger partial charge in [-0.25, -0.2) is 4.98 Å². The molecule has 0 fully saturated rings. The summed E-state index contributed by atoms with van der Waals surface area (Å²) in [4.78, 5) is 3.94. The Bertz CT molecular complexity index is 469. The minimum atomic E-state index is 0.493. The van der Waals surface area contributed by atoms with Crippen molar-refractivity contribution in [3.05, 3.63) is 53.3 Å². The average molecular weight is 218 g/mol. The number of nitrogens with two attached hydrogens (primary N) is 1. The van der Waals surface area contributed by atoms with Gasteiger partial charge in [0.05, 0.1) is 0 Å². The maximum absolute atomic E-state index is 5.82. The number of benzene rings is 1. The summed E-state index contributed by atoms with van der Waals surface area (Å²) in [5, 5.41) is 0.495. The van der Waals surface area contributed by atoms with Gasteiger partial charge in [0.2, 0.25) is 0 Å². The molecule has 3 heteroatoms. The first-order valence-electron chi connectivity index (χ1n) is 4.62. The molecular formula is C12H10ClN2. The zero-order valence-corrected chi connectivity index (χ0v) is 8.83. The van der Waals surface area contributed by atoms with Crippen LogP contribution in [0, 0.1) is 6.07 Å². The highest BCUT2D eigenvalue weighted by atomic mass is 35.5. The fraction of sp³-hybridized carbons (Fsp3) is 0.0833. The van der Waals surface area contributed by atoms with Crippen LogP contribution in [0.5, 0.6) is 0 Å². The van der Waals surface area contributed by atoms with Gasteiger partial charge in [-0.1, -0.05) is 23.7 Å². The summed E-state index contributed by atoms with van der Waals surface area (Å²) in [6.45, 7) is 0.493. The molecule has 0 aliphatic heterocycles. The van der Waals surface area contributed by atoms with E-state index in [9.17, 15) is 0 Å². The molecule has 0 bridgehead atoms. The highest BCUT2D eigenvalue weighted by Gasteiger charge is 1.99. The summed E-state index contributed by atoms with van der Waals surface area (Å²) in [6, 6.07) is 12.7. The zero-order chi connectivity index (χ0) is 10.7. The molecule has 0 atom stereocenters. The molecule has 0 saturated carbocycles. The quantitative estimate of drug-likeness (QED) is 0.786. The number of nitrogens with zero attached hydrogens (tertiary/aromatic N) is 1. The van der Waals surface area contributed by atoms with E-state index in [2.05, 4.69) is 11.1 Å². The minimum absolute atomic E-state index is 0.493. The van der Waals surface area contributed by atoms with Crippen molar-refractivity contribution < 1.29 is 0 Å². The summed E-state index contributed by atoms with van der Waals surface area (Å²) < 4.78 is 0. The van der Waals surface area contributed by atoms with Crippen molar-refractivity contribution in [2.24, 2.45) is 5.73 Å². The van der Waals surface area contributed by atoms with Crippen molar-refractivity contribution in [1.29, 1.82) is 0 Å². The summed E-state index contributed by atoms with van der Waals surface area (Å²) in [5.74, 6) is 0. The first-order valence-corrected chi connectivity index (χ1v) is 5.00. The molecule has 0 amide bonds. The van der Waals surface area contributed by atoms with Gasteiger partial charge in [-0.2, -0.15) is 0 Å². The Hall–Kier alpha value is -1.38. The maximum Gasteiger partial charge on any atom is 0.129 e. The molecule has 15 heavy (non-hydrogen) atoms. The Morgan fingerprint density at radius 3 is 2.80 bits per heavy atom. The van der Waals surface area contributed by atoms with Gasteiger partial charge in [0.25, 0.3) is 0 Å². The second-order valence-corrected chi connectivity index (χ2v) is 3.56. The van der Waals surface area contributed by atoms with Gasteiger partial charge in [-0.05, 0) is 41.0 Å². The Balaban J connectivity index is 2.44. The third-order valence-electron chi connectivity index (χ3n) is 2.14. The van der Waals surface area contributed by atoms with E-state index in [-0.39, 0.29) is 0 Å². The van der Waals surface area contributed by atoms with Crippen molar-refractivity contribution in [2.75, 3.05) is 0 Å². The molecule has 0 saturated heterocycles. The van der Waals surface area contributed by atoms with Gasteiger partial charge >= 0.3 is 0 Å². The van der Waals surface area contributed by atoms with Crippen molar-refractivity contribution in [1.82, 2.24) is 4.98 Å². The largest absolute Gasteiger partial charge is 0.326 e. The molecule has 1 heterocycles. The smallest absolute Gasteiger partial charge is 0.129 e. The van der Waals surface area contributed by atoms with Gasteiger partial charge in [0, 0.05) is 12.7 Å². The highest BCUT2D eigenvalue weighted by Crippen LogP contribution is 2.21. The first-order chi connectivity index (χ1) is 7.29. The third-order valence-corrected chi connectivity index (χ3v) is 2.35. The van der Waals surface area contributed by atoms with E-state index < -0.39 is 0 Å². The van der Waals surface area contributed by atoms with Crippen LogP contribution in [0.4, 0.5) is 0 Å². The van der Waals surface area contributed by atoms with Crippen LogP contribution in [0.2, 0.25) is 5.15 Å². The zero-order valence-electron chi connectivity index (χ0n) is 8.07. The van der Waals surface area contributed by atoms with Gasteiger partial charge in [-0.15, -0.1) is 0 Å². The van der Waals surface area contributed by atoms with Gasteiger partial charge in [0.15, 0.2) is 0 Å². The number of aromatic nitrogens is 1. The second kappa shape index (κ2) is 4.43. The van der Waals surface area contributed by atoms with Crippen molar-refractivity contribution >= 4 is 11.6 Å². The number of pyridine rings is 1. The molecule has 1 aromatic heterocycles. The van der Waals surface area contributed by atoms with E-state index in [1.807, 2.05) is 30.3 Å². The van der Waals surface area contributed by atoms with Crippen molar-refractivity contribution in [3.8, 4) is 11.1 Å². The number of halogens is 1. The van der Waals surface area contributed by atoms with Crippen molar-refractivity contribution in [2.45, 2.75) is 6.54 Å². The molecule has 2 nitrogen and oxygen atoms in total. The summed E-state index contributed by atoms with van der Waals surface area (Å²) in [6.07, 6.45) is 1.69. The van der Waals surface area contributed by atoms with E-state index >= 15 is 0 Å². The Morgan fingerprint density at radius 2 is 2.07 bits per heavy atom. The number of hydrogen-bond acceptors (Lipinski definition) is 2. The van der Waals surface area contributed by atoms with Gasteiger partial charge in [0.1, 0.15) is 5.15 Å². The Labute approximate surface area is 93.7 Å². The lowest BCUT2D eigenvalue weighted by Gasteiger charge is -2.03. The fourth-order valence-corrected chi connectivity index (χ4v) is 1.57. The normalized spacial score (nSPS) is 10.3. The summed E-state index contributed by atoms with van der Waals surface area (Å²) >= 11 is 5.82. The lowest BCUT2D eigenvalue weighted by molar-refractivity contribution is 1.07. The van der Waals surface area contributed by atoms with Crippen LogP contribution in [-0.4, -0.2) is 4.98 Å². The van der Waals surface area contributed by atoms with Crippen LogP contribution >= 0.6 is 11.6 Å². The lowest BCUT2D eigenvalue weighted by Crippen LogP contribution is -1.96. The topological polar surface area (TPSA) is 38.9 Å². The molecule has 0 aliphatic carbocycles. The van der Waals surface area contributed by atoms with E-state index in [0.29, 0.717) is 11.7 Å². The maximum atomic E-state index is 5.82. The molecule has 2 rings (SSSR count). The highest BCUT2D eigenvalue weighted by molar-refractivity contribution is 6.29. The predicted octanol–water partition coefficient (Wildman–Crippen LogP) is 2.66. The van der Waals surface area contributed by atoms with Crippen LogP contribution < -0.4 is 5.73 Å². The van der Waals surface area contributed by atoms with Gasteiger partial charge < -0.3 is 5.73 Å². The molecule has 2 aromatic rings. The number of hydrogen-bond donors (Lipinski definition) is 1. The average Bonchev–Trinajstić information content (AvgIpc) is 2.29. The first kappa shape index (κ1) is 10.1. The van der Waals surface area contributed by atoms with E-state index in [1.165, 1.54) is 0 Å². The molecule has 2 N–H and O–H groups in total. The summed E-state index contributed by atoms with van der Waals surface area (Å²) in [5.41, 5.74) is 8.67. The number of rotatable bonds is 2. The van der Waals surface area contributed by atoms with E-state index in [0.717, 1.165) is 16.7 Å². The van der Waals surface area contributed by atoms with Crippen LogP contribution in [0.3, 0.4) is 0 Å².